The first-order chi connectivity index (χ1) is 18.0. The second kappa shape index (κ2) is 12.0. The minimum absolute atomic E-state index is 0.363. The quantitative estimate of drug-likeness (QED) is 0.220. The van der Waals surface area contributed by atoms with Gasteiger partial charge in [-0.1, -0.05) is 30.3 Å². The van der Waals surface area contributed by atoms with E-state index in [1.165, 1.54) is 0 Å². The van der Waals surface area contributed by atoms with Crippen LogP contribution in [0.3, 0.4) is 0 Å². The van der Waals surface area contributed by atoms with Gasteiger partial charge in [0.05, 0.1) is 30.2 Å². The third-order valence-electron chi connectivity index (χ3n) is 4.46. The molecule has 8 heteroatoms. The van der Waals surface area contributed by atoms with Crippen LogP contribution in [-0.2, 0) is 0 Å². The first kappa shape index (κ1) is 21.5. The summed E-state index contributed by atoms with van der Waals surface area (Å²) < 4.78 is 13.7. The van der Waals surface area contributed by atoms with E-state index in [0.717, 1.165) is 5.56 Å². The molecule has 0 saturated carbocycles. The van der Waals surface area contributed by atoms with Crippen molar-refractivity contribution < 1.29 is 10.2 Å². The summed E-state index contributed by atoms with van der Waals surface area (Å²) in [6, 6.07) is 25.7. The molecule has 0 atom stereocenters. The molecule has 35 heavy (non-hydrogen) atoms. The van der Waals surface area contributed by atoms with Crippen molar-refractivity contribution in [2.45, 2.75) is 6.92 Å². The number of rotatable bonds is 6. The van der Waals surface area contributed by atoms with Gasteiger partial charge in [-0.25, -0.2) is 9.69 Å². The van der Waals surface area contributed by atoms with E-state index in [4.69, 9.17) is 16.0 Å². The van der Waals surface area contributed by atoms with E-state index in [1.807, 2.05) is 13.0 Å². The van der Waals surface area contributed by atoms with E-state index >= 15 is 0 Å². The van der Waals surface area contributed by atoms with Crippen molar-refractivity contribution in [1.29, 1.82) is 2.86 Å². The molecule has 0 heterocycles. The van der Waals surface area contributed by atoms with Gasteiger partial charge < -0.3 is 10.2 Å². The summed E-state index contributed by atoms with van der Waals surface area (Å²) in [6.45, 7) is 15.6. The Hall–Kier alpha value is -5.34. The van der Waals surface area contributed by atoms with Crippen molar-refractivity contribution in [2.75, 3.05) is 0 Å². The number of hydrogen-bond donors (Lipinski definition) is 2. The Kier molecular flexibility index (Phi) is 7.40. The van der Waals surface area contributed by atoms with Crippen LogP contribution in [0.25, 0.3) is 9.69 Å². The van der Waals surface area contributed by atoms with Gasteiger partial charge in [0, 0.05) is 0 Å². The maximum atomic E-state index is 6.98. The third kappa shape index (κ3) is 7.63. The molecule has 8 nitrogen and oxygen atoms in total. The zero-order chi connectivity index (χ0) is 26.5. The van der Waals surface area contributed by atoms with E-state index in [9.17, 15) is 0 Å². The minimum atomic E-state index is 0.363. The lowest BCUT2D eigenvalue weighted by Crippen LogP contribution is -1.72. The number of hydrogen-bond acceptors (Lipinski definition) is 6. The number of aromatic hydroxyl groups is 2. The van der Waals surface area contributed by atoms with Crippen LogP contribution in [0, 0.1) is 20.1 Å². The highest BCUT2D eigenvalue weighted by atomic mass is 16.3. The van der Waals surface area contributed by atoms with Gasteiger partial charge in [0.25, 0.3) is 2.86 Å². The van der Waals surface area contributed by atoms with Crippen molar-refractivity contribution >= 4 is 34.1 Å². The lowest BCUT2D eigenvalue weighted by molar-refractivity contribution is 0.475. The van der Waals surface area contributed by atoms with Gasteiger partial charge in [0.15, 0.2) is 11.4 Å². The molecule has 0 spiro atoms. The van der Waals surface area contributed by atoms with E-state index in [1.54, 1.807) is 84.9 Å². The molecule has 0 fully saturated rings. The number of phenolic OH excluding ortho intramolecular Hbond substituents is 2. The molecular formula is C27H20N6O2. The molecule has 0 radical (unpaired) electrons. The van der Waals surface area contributed by atoms with Crippen molar-refractivity contribution in [3.8, 4) is 11.5 Å². The van der Waals surface area contributed by atoms with Crippen LogP contribution in [0.15, 0.2) is 111 Å². The second-order valence-corrected chi connectivity index (χ2v) is 7.12. The second-order valence-electron chi connectivity index (χ2n) is 7.12. The van der Waals surface area contributed by atoms with Crippen LogP contribution < -0.4 is 0 Å². The molecule has 4 aromatic rings. The summed E-state index contributed by atoms with van der Waals surface area (Å²) in [5.41, 5.74) is 4.62. The number of benzene rings is 4. The fraction of sp³-hybridized carbons (Fsp3) is 0.0370. The molecule has 4 rings (SSSR count). The number of phenols is 2. The molecule has 0 aliphatic rings. The summed E-state index contributed by atoms with van der Waals surface area (Å²) in [5.74, 6) is 0.817. The van der Waals surface area contributed by atoms with Crippen molar-refractivity contribution in [3.05, 3.63) is 119 Å². The molecule has 0 amide bonds. The standard InChI is InChI=1S/C14H11N3O.C13H9N3O/c1-10-3-8-13(14(18)9-10)17-16-12-6-4-11(15-2)5-7-12;1-14-10-2-4-11(5-3-10)15-16-12-6-8-13(17)9-7-12/h3-9,18H,1H3;2-9,17H/i/hT2. The van der Waals surface area contributed by atoms with Crippen LogP contribution in [0.1, 0.15) is 5.56 Å². The van der Waals surface area contributed by atoms with E-state index in [-0.39, 0.29) is 0 Å². The average Bonchev–Trinajstić information content (AvgIpc) is 2.96. The summed E-state index contributed by atoms with van der Waals surface area (Å²) in [5, 5.41) is 25.0. The number of azo groups is 2. The van der Waals surface area contributed by atoms with E-state index in [2.05, 4.69) is 40.4 Å². The highest BCUT2D eigenvalue weighted by molar-refractivity contribution is 5.54. The summed E-state index contributed by atoms with van der Waals surface area (Å²) in [4.78, 5) is 6.60. The smallest absolute Gasteiger partial charge is 0.293 e. The molecule has 0 aliphatic heterocycles. The van der Waals surface area contributed by atoms with Crippen molar-refractivity contribution in [3.63, 3.8) is 0 Å². The van der Waals surface area contributed by atoms with Gasteiger partial charge in [-0.15, -0.1) is 5.11 Å². The van der Waals surface area contributed by atoms with Gasteiger partial charge in [0.1, 0.15) is 17.2 Å². The van der Waals surface area contributed by atoms with E-state index in [0.29, 0.717) is 45.6 Å². The summed E-state index contributed by atoms with van der Waals surface area (Å²) in [6.07, 6.45) is 0. The van der Waals surface area contributed by atoms with Crippen molar-refractivity contribution in [1.82, 2.24) is 0 Å². The number of aryl methyl sites for hydroxylation is 1. The van der Waals surface area contributed by atoms with Crippen LogP contribution in [0.2, 0.25) is 0 Å². The lowest BCUT2D eigenvalue weighted by atomic mass is 10.2. The zero-order valence-electron chi connectivity index (χ0n) is 20.7. The van der Waals surface area contributed by atoms with Crippen LogP contribution in [0.4, 0.5) is 34.1 Å². The Morgan fingerprint density at radius 1 is 0.629 bits per heavy atom. The predicted octanol–water partition coefficient (Wildman–Crippen LogP) is 9.03. The fourth-order valence-electron chi connectivity index (χ4n) is 2.63. The lowest BCUT2D eigenvalue weighted by Gasteiger charge is -1.98. The van der Waals surface area contributed by atoms with Gasteiger partial charge in [0.2, 0.25) is 0 Å². The fourth-order valence-corrected chi connectivity index (χ4v) is 2.63. The maximum Gasteiger partial charge on any atom is 0.293 e. The molecule has 0 saturated heterocycles. The highest BCUT2D eigenvalue weighted by Crippen LogP contribution is 2.29. The highest BCUT2D eigenvalue weighted by Gasteiger charge is 1.99. The van der Waals surface area contributed by atoms with Gasteiger partial charge in [-0.05, 0) is 73.2 Å². The molecule has 170 valence electrons. The average molecular weight is 465 g/mol. The zero-order valence-corrected chi connectivity index (χ0v) is 18.7. The SMILES string of the molecule is [3H]Oc1cc(C)ccc1N=Nc1ccc([N+]#[C-])cc1.[3H]Oc1ccc(N=Nc2ccc([N+]#[C-])cc2)cc1. The Bertz CT molecular complexity index is 1460. The molecule has 4 aromatic carbocycles. The minimum Gasteiger partial charge on any atom is -0.508 e. The topological polar surface area (TPSA) is 98.6 Å². The summed E-state index contributed by atoms with van der Waals surface area (Å²) >= 11 is 0. The van der Waals surface area contributed by atoms with E-state index < -0.39 is 0 Å². The van der Waals surface area contributed by atoms with Gasteiger partial charge in [-0.2, -0.15) is 15.3 Å². The largest absolute Gasteiger partial charge is 0.508 e. The Morgan fingerprint density at radius 3 is 1.57 bits per heavy atom. The van der Waals surface area contributed by atoms with Crippen LogP contribution in [-0.4, -0.2) is 13.1 Å². The molecule has 0 aromatic heterocycles. The third-order valence-corrected chi connectivity index (χ3v) is 4.46. The first-order valence-electron chi connectivity index (χ1n) is 11.1. The van der Waals surface area contributed by atoms with Gasteiger partial charge >= 0.3 is 0 Å². The molecule has 0 unspecified atom stereocenters. The normalized spacial score (nSPS) is 10.9. The molecule has 0 aliphatic carbocycles. The van der Waals surface area contributed by atoms with Gasteiger partial charge in [-0.3, -0.25) is 0 Å². The molecule has 2 N–H and O–H groups in total. The van der Waals surface area contributed by atoms with Crippen LogP contribution in [0.5, 0.6) is 11.5 Å². The first-order valence-corrected chi connectivity index (χ1v) is 10.3. The monoisotopic (exact) mass is 464 g/mol. The Labute approximate surface area is 205 Å². The molecule has 0 bridgehead atoms. The maximum absolute atomic E-state index is 6.98. The Morgan fingerprint density at radius 2 is 1.11 bits per heavy atom. The van der Waals surface area contributed by atoms with Crippen LogP contribution >= 0.6 is 0 Å². The number of nitrogens with zero attached hydrogens (tertiary/aromatic N) is 6. The molecular weight excluding hydrogens is 440 g/mol. The predicted molar refractivity (Wildman–Crippen MR) is 135 cm³/mol. The van der Waals surface area contributed by atoms with Crippen molar-refractivity contribution in [2.24, 2.45) is 20.5 Å². The summed E-state index contributed by atoms with van der Waals surface area (Å²) in [7, 11) is 0. The Balaban J connectivity index is 0.000000206.